The summed E-state index contributed by atoms with van der Waals surface area (Å²) in [6.07, 6.45) is 3.56. The molecule has 0 saturated carbocycles. The van der Waals surface area contributed by atoms with Crippen molar-refractivity contribution in [3.63, 3.8) is 0 Å². The Hall–Kier alpha value is -1.67. The molecule has 8 heteroatoms. The standard InChI is InChI=1S/C14H19N3O4S/c1-15-6-3-4-11(13(15)18)14(19)16-8-10-5-7-17(12(10)9-16)22(2,20)21/h3-4,6,10,12H,5,7-9H2,1-2H3/t10-,12+/m1/s1. The van der Waals surface area contributed by atoms with Crippen LogP contribution in [0.15, 0.2) is 23.1 Å². The Labute approximate surface area is 129 Å². The lowest BCUT2D eigenvalue weighted by atomic mass is 10.1. The van der Waals surface area contributed by atoms with Crippen LogP contribution < -0.4 is 5.56 Å². The van der Waals surface area contributed by atoms with E-state index in [1.807, 2.05) is 0 Å². The first-order valence-corrected chi connectivity index (χ1v) is 9.05. The van der Waals surface area contributed by atoms with Gasteiger partial charge in [0, 0.05) is 38.9 Å². The molecule has 2 saturated heterocycles. The summed E-state index contributed by atoms with van der Waals surface area (Å²) in [4.78, 5) is 26.2. The second-order valence-corrected chi connectivity index (χ2v) is 7.97. The molecule has 0 unspecified atom stereocenters. The van der Waals surface area contributed by atoms with Gasteiger partial charge in [0.1, 0.15) is 5.56 Å². The van der Waals surface area contributed by atoms with E-state index in [1.165, 1.54) is 21.2 Å². The average molecular weight is 325 g/mol. The van der Waals surface area contributed by atoms with Gasteiger partial charge < -0.3 is 9.47 Å². The van der Waals surface area contributed by atoms with E-state index in [0.717, 1.165) is 6.42 Å². The van der Waals surface area contributed by atoms with Gasteiger partial charge >= 0.3 is 0 Å². The number of pyridine rings is 1. The monoisotopic (exact) mass is 325 g/mol. The zero-order valence-electron chi connectivity index (χ0n) is 12.6. The topological polar surface area (TPSA) is 79.7 Å². The first-order valence-electron chi connectivity index (χ1n) is 7.21. The fraction of sp³-hybridized carbons (Fsp3) is 0.571. The summed E-state index contributed by atoms with van der Waals surface area (Å²) in [5, 5.41) is 0. The molecule has 2 aliphatic heterocycles. The molecule has 0 aliphatic carbocycles. The van der Waals surface area contributed by atoms with Crippen molar-refractivity contribution in [2.24, 2.45) is 13.0 Å². The summed E-state index contributed by atoms with van der Waals surface area (Å²) in [7, 11) is -1.66. The molecular formula is C14H19N3O4S. The van der Waals surface area contributed by atoms with Crippen molar-refractivity contribution in [3.8, 4) is 0 Å². The van der Waals surface area contributed by atoms with Gasteiger partial charge in [0.25, 0.3) is 11.5 Å². The van der Waals surface area contributed by atoms with Crippen LogP contribution in [0.2, 0.25) is 0 Å². The number of aromatic nitrogens is 1. The predicted molar refractivity (Wildman–Crippen MR) is 81.0 cm³/mol. The number of aryl methyl sites for hydroxylation is 1. The maximum Gasteiger partial charge on any atom is 0.263 e. The van der Waals surface area contributed by atoms with Crippen molar-refractivity contribution in [3.05, 3.63) is 34.2 Å². The molecule has 7 nitrogen and oxygen atoms in total. The van der Waals surface area contributed by atoms with Gasteiger partial charge in [0.15, 0.2) is 0 Å². The molecular weight excluding hydrogens is 306 g/mol. The summed E-state index contributed by atoms with van der Waals surface area (Å²) in [6, 6.07) is 3.02. The van der Waals surface area contributed by atoms with Crippen molar-refractivity contribution in [2.45, 2.75) is 12.5 Å². The van der Waals surface area contributed by atoms with Gasteiger partial charge in [-0.05, 0) is 24.5 Å². The van der Waals surface area contributed by atoms with Crippen LogP contribution in [0.4, 0.5) is 0 Å². The van der Waals surface area contributed by atoms with Crippen molar-refractivity contribution < 1.29 is 13.2 Å². The molecule has 0 spiro atoms. The third-order valence-electron chi connectivity index (χ3n) is 4.56. The van der Waals surface area contributed by atoms with Crippen LogP contribution in [0, 0.1) is 5.92 Å². The quantitative estimate of drug-likeness (QED) is 0.734. The predicted octanol–water partition coefficient (Wildman–Crippen LogP) is -0.509. The van der Waals surface area contributed by atoms with Crippen molar-refractivity contribution in [1.29, 1.82) is 0 Å². The maximum atomic E-state index is 12.6. The van der Waals surface area contributed by atoms with Gasteiger partial charge in [-0.2, -0.15) is 4.31 Å². The Morgan fingerprint density at radius 2 is 2.05 bits per heavy atom. The molecule has 1 aromatic heterocycles. The van der Waals surface area contributed by atoms with Gasteiger partial charge in [0.05, 0.1) is 6.26 Å². The van der Waals surface area contributed by atoms with Crippen LogP contribution in [0.3, 0.4) is 0 Å². The van der Waals surface area contributed by atoms with Gasteiger partial charge in [-0.1, -0.05) is 0 Å². The summed E-state index contributed by atoms with van der Waals surface area (Å²) in [6.45, 7) is 1.38. The number of fused-ring (bicyclic) bond motifs is 1. The Morgan fingerprint density at radius 3 is 2.73 bits per heavy atom. The van der Waals surface area contributed by atoms with Crippen molar-refractivity contribution in [1.82, 2.24) is 13.8 Å². The number of carbonyl (C=O) groups is 1. The maximum absolute atomic E-state index is 12.6. The second kappa shape index (κ2) is 5.20. The van der Waals surface area contributed by atoms with Crippen molar-refractivity contribution >= 4 is 15.9 Å². The minimum atomic E-state index is -3.26. The van der Waals surface area contributed by atoms with E-state index >= 15 is 0 Å². The lowest BCUT2D eigenvalue weighted by Gasteiger charge is -2.22. The fourth-order valence-corrected chi connectivity index (χ4v) is 4.60. The summed E-state index contributed by atoms with van der Waals surface area (Å²) in [5.74, 6) is -0.157. The third-order valence-corrected chi connectivity index (χ3v) is 5.87. The Bertz CT molecular complexity index is 771. The first kappa shape index (κ1) is 15.2. The van der Waals surface area contributed by atoms with Crippen LogP contribution in [0.5, 0.6) is 0 Å². The number of hydrogen-bond donors (Lipinski definition) is 0. The third kappa shape index (κ3) is 2.46. The summed E-state index contributed by atoms with van der Waals surface area (Å²) >= 11 is 0. The zero-order valence-corrected chi connectivity index (χ0v) is 13.4. The zero-order chi connectivity index (χ0) is 16.1. The number of hydrogen-bond acceptors (Lipinski definition) is 4. The van der Waals surface area contributed by atoms with E-state index in [9.17, 15) is 18.0 Å². The Morgan fingerprint density at radius 1 is 1.32 bits per heavy atom. The number of likely N-dealkylation sites (tertiary alicyclic amines) is 1. The van der Waals surface area contributed by atoms with Gasteiger partial charge in [-0.15, -0.1) is 0 Å². The first-order chi connectivity index (χ1) is 10.3. The van der Waals surface area contributed by atoms with Gasteiger partial charge in [0.2, 0.25) is 10.0 Å². The molecule has 3 heterocycles. The molecule has 0 bridgehead atoms. The highest BCUT2D eigenvalue weighted by Gasteiger charge is 2.46. The molecule has 3 rings (SSSR count). The van der Waals surface area contributed by atoms with E-state index in [-0.39, 0.29) is 29.0 Å². The van der Waals surface area contributed by atoms with Gasteiger partial charge in [-0.3, -0.25) is 9.59 Å². The van der Waals surface area contributed by atoms with Crippen LogP contribution in [0.25, 0.3) is 0 Å². The van der Waals surface area contributed by atoms with E-state index in [1.54, 1.807) is 24.2 Å². The van der Waals surface area contributed by atoms with Crippen LogP contribution >= 0.6 is 0 Å². The minimum Gasteiger partial charge on any atom is -0.337 e. The molecule has 0 radical (unpaired) electrons. The Kier molecular flexibility index (Phi) is 3.60. The lowest BCUT2D eigenvalue weighted by Crippen LogP contribution is -2.41. The highest BCUT2D eigenvalue weighted by molar-refractivity contribution is 7.88. The second-order valence-electron chi connectivity index (χ2n) is 6.04. The minimum absolute atomic E-state index is 0.135. The number of nitrogens with zero attached hydrogens (tertiary/aromatic N) is 3. The molecule has 0 N–H and O–H groups in total. The number of carbonyl (C=O) groups excluding carboxylic acids is 1. The van der Waals surface area contributed by atoms with E-state index < -0.39 is 10.0 Å². The largest absolute Gasteiger partial charge is 0.337 e. The van der Waals surface area contributed by atoms with Crippen LogP contribution in [-0.4, -0.2) is 60.0 Å². The molecule has 22 heavy (non-hydrogen) atoms. The fourth-order valence-electron chi connectivity index (χ4n) is 3.43. The van der Waals surface area contributed by atoms with Crippen molar-refractivity contribution in [2.75, 3.05) is 25.9 Å². The molecule has 2 fully saturated rings. The number of rotatable bonds is 2. The number of amides is 1. The van der Waals surface area contributed by atoms with Crippen LogP contribution in [0.1, 0.15) is 16.8 Å². The SMILES string of the molecule is Cn1cccc(C(=O)N2C[C@H]3CCN(S(C)(=O)=O)[C@H]3C2)c1=O. The van der Waals surface area contributed by atoms with Gasteiger partial charge in [-0.25, -0.2) is 8.42 Å². The van der Waals surface area contributed by atoms with Crippen LogP contribution in [-0.2, 0) is 17.1 Å². The van der Waals surface area contributed by atoms with E-state index in [4.69, 9.17) is 0 Å². The molecule has 0 aromatic carbocycles. The summed E-state index contributed by atoms with van der Waals surface area (Å²) < 4.78 is 26.4. The molecule has 120 valence electrons. The Balaban J connectivity index is 1.83. The average Bonchev–Trinajstić information content (AvgIpc) is 2.99. The number of sulfonamides is 1. The van der Waals surface area contributed by atoms with E-state index in [0.29, 0.717) is 19.6 Å². The normalized spacial score (nSPS) is 25.5. The molecule has 2 atom stereocenters. The lowest BCUT2D eigenvalue weighted by molar-refractivity contribution is 0.0776. The molecule has 1 aromatic rings. The molecule has 2 aliphatic rings. The highest BCUT2D eigenvalue weighted by Crippen LogP contribution is 2.33. The smallest absolute Gasteiger partial charge is 0.263 e. The molecule has 1 amide bonds. The van der Waals surface area contributed by atoms with E-state index in [2.05, 4.69) is 0 Å². The highest BCUT2D eigenvalue weighted by atomic mass is 32.2. The summed E-state index contributed by atoms with van der Waals surface area (Å²) in [5.41, 5.74) is -0.194.